The van der Waals surface area contributed by atoms with Gasteiger partial charge in [0.15, 0.2) is 0 Å². The molecule has 2 aromatic rings. The summed E-state index contributed by atoms with van der Waals surface area (Å²) >= 11 is 0. The third kappa shape index (κ3) is 6.08. The first-order chi connectivity index (χ1) is 13.0. The number of rotatable bonds is 6. The highest BCUT2D eigenvalue weighted by molar-refractivity contribution is 7.89. The average Bonchev–Trinajstić information content (AvgIpc) is 2.60. The molecule has 0 fully saturated rings. The first-order valence-corrected chi connectivity index (χ1v) is 10.2. The Balaban J connectivity index is 2.10. The standard InChI is InChI=1S/C20H24N4O3S/c1-14(19(25)23-16-8-5-7-15(11-16)13-21)22-17-9-6-10-18(12-17)28(26,27)24-20(2,3)4/h5-12,14,22,24H,1-4H3,(H,23,25)/t14-/m0/s1. The molecular weight excluding hydrogens is 376 g/mol. The van der Waals surface area contributed by atoms with E-state index in [1.54, 1.807) is 64.1 Å². The van der Waals surface area contributed by atoms with Crippen LogP contribution < -0.4 is 15.4 Å². The minimum Gasteiger partial charge on any atom is -0.374 e. The fourth-order valence-corrected chi connectivity index (χ4v) is 3.91. The van der Waals surface area contributed by atoms with Gasteiger partial charge in [0.05, 0.1) is 16.5 Å². The van der Waals surface area contributed by atoms with Crippen molar-refractivity contribution in [2.24, 2.45) is 0 Å². The average molecular weight is 401 g/mol. The number of benzene rings is 2. The van der Waals surface area contributed by atoms with Crippen LogP contribution >= 0.6 is 0 Å². The maximum atomic E-state index is 12.5. The topological polar surface area (TPSA) is 111 Å². The highest BCUT2D eigenvalue weighted by atomic mass is 32.2. The van der Waals surface area contributed by atoms with Gasteiger partial charge in [0, 0.05) is 16.9 Å². The molecule has 0 bridgehead atoms. The Morgan fingerprint density at radius 2 is 1.71 bits per heavy atom. The molecule has 0 unspecified atom stereocenters. The van der Waals surface area contributed by atoms with Crippen molar-refractivity contribution >= 4 is 27.3 Å². The van der Waals surface area contributed by atoms with Crippen LogP contribution in [-0.2, 0) is 14.8 Å². The zero-order chi connectivity index (χ0) is 20.9. The fourth-order valence-electron chi connectivity index (χ4n) is 2.45. The van der Waals surface area contributed by atoms with Gasteiger partial charge in [-0.25, -0.2) is 13.1 Å². The van der Waals surface area contributed by atoms with Gasteiger partial charge in [0.1, 0.15) is 6.04 Å². The van der Waals surface area contributed by atoms with E-state index in [9.17, 15) is 13.2 Å². The molecule has 2 aromatic carbocycles. The Morgan fingerprint density at radius 1 is 1.07 bits per heavy atom. The summed E-state index contributed by atoms with van der Waals surface area (Å²) in [4.78, 5) is 12.5. The van der Waals surface area contributed by atoms with E-state index < -0.39 is 21.6 Å². The van der Waals surface area contributed by atoms with Gasteiger partial charge in [-0.2, -0.15) is 5.26 Å². The van der Waals surface area contributed by atoms with Crippen LogP contribution in [0.2, 0.25) is 0 Å². The van der Waals surface area contributed by atoms with E-state index >= 15 is 0 Å². The van der Waals surface area contributed by atoms with Gasteiger partial charge < -0.3 is 10.6 Å². The minimum absolute atomic E-state index is 0.113. The van der Waals surface area contributed by atoms with E-state index in [0.29, 0.717) is 16.9 Å². The summed E-state index contributed by atoms with van der Waals surface area (Å²) in [6.07, 6.45) is 0. The van der Waals surface area contributed by atoms with Crippen LogP contribution in [0.4, 0.5) is 11.4 Å². The molecule has 0 radical (unpaired) electrons. The summed E-state index contributed by atoms with van der Waals surface area (Å²) in [5.74, 6) is -0.309. The number of carbonyl (C=O) groups is 1. The molecule has 1 atom stereocenters. The number of anilines is 2. The Kier molecular flexibility index (Phi) is 6.44. The lowest BCUT2D eigenvalue weighted by atomic mass is 10.1. The van der Waals surface area contributed by atoms with Gasteiger partial charge in [-0.1, -0.05) is 12.1 Å². The molecule has 0 aliphatic rings. The SMILES string of the molecule is C[C@H](Nc1cccc(S(=O)(=O)NC(C)(C)C)c1)C(=O)Nc1cccc(C#N)c1. The van der Waals surface area contributed by atoms with Gasteiger partial charge >= 0.3 is 0 Å². The van der Waals surface area contributed by atoms with Crippen molar-refractivity contribution in [3.63, 3.8) is 0 Å². The van der Waals surface area contributed by atoms with Crippen molar-refractivity contribution in [2.75, 3.05) is 10.6 Å². The van der Waals surface area contributed by atoms with Crippen molar-refractivity contribution in [1.82, 2.24) is 4.72 Å². The highest BCUT2D eigenvalue weighted by Gasteiger charge is 2.22. The summed E-state index contributed by atoms with van der Waals surface area (Å²) < 4.78 is 27.6. The zero-order valence-electron chi connectivity index (χ0n) is 16.3. The molecule has 0 aliphatic carbocycles. The molecule has 148 valence electrons. The summed E-state index contributed by atoms with van der Waals surface area (Å²) in [6.45, 7) is 6.96. The van der Waals surface area contributed by atoms with Crippen LogP contribution in [0.1, 0.15) is 33.3 Å². The number of hydrogen-bond acceptors (Lipinski definition) is 5. The van der Waals surface area contributed by atoms with Gasteiger partial charge in [0.25, 0.3) is 0 Å². The summed E-state index contributed by atoms with van der Waals surface area (Å²) in [5.41, 5.74) is 0.865. The summed E-state index contributed by atoms with van der Waals surface area (Å²) in [5, 5.41) is 14.7. The Bertz CT molecular complexity index is 1000. The van der Waals surface area contributed by atoms with E-state index in [4.69, 9.17) is 5.26 Å². The molecule has 0 heterocycles. The Morgan fingerprint density at radius 3 is 2.36 bits per heavy atom. The van der Waals surface area contributed by atoms with Gasteiger partial charge in [-0.15, -0.1) is 0 Å². The molecule has 0 aliphatic heterocycles. The molecule has 1 amide bonds. The number of nitrogens with zero attached hydrogens (tertiary/aromatic N) is 1. The van der Waals surface area contributed by atoms with E-state index in [0.717, 1.165) is 0 Å². The second-order valence-electron chi connectivity index (χ2n) is 7.43. The van der Waals surface area contributed by atoms with Crippen LogP contribution in [0.5, 0.6) is 0 Å². The molecule has 0 saturated carbocycles. The highest BCUT2D eigenvalue weighted by Crippen LogP contribution is 2.18. The van der Waals surface area contributed by atoms with Crippen LogP contribution in [0, 0.1) is 11.3 Å². The maximum Gasteiger partial charge on any atom is 0.246 e. The molecule has 0 aromatic heterocycles. The molecule has 2 rings (SSSR count). The molecule has 0 spiro atoms. The van der Waals surface area contributed by atoms with Crippen LogP contribution in [0.25, 0.3) is 0 Å². The lowest BCUT2D eigenvalue weighted by Gasteiger charge is -2.21. The molecule has 7 nitrogen and oxygen atoms in total. The predicted octanol–water partition coefficient (Wildman–Crippen LogP) is 3.07. The third-order valence-electron chi connectivity index (χ3n) is 3.62. The van der Waals surface area contributed by atoms with Crippen molar-refractivity contribution < 1.29 is 13.2 Å². The predicted molar refractivity (Wildman–Crippen MR) is 109 cm³/mol. The third-order valence-corrected chi connectivity index (χ3v) is 5.38. The second-order valence-corrected chi connectivity index (χ2v) is 9.11. The molecule has 8 heteroatoms. The fraction of sp³-hybridized carbons (Fsp3) is 0.300. The molecule has 3 N–H and O–H groups in total. The van der Waals surface area contributed by atoms with Crippen LogP contribution in [0.3, 0.4) is 0 Å². The van der Waals surface area contributed by atoms with Crippen molar-refractivity contribution in [1.29, 1.82) is 5.26 Å². The number of nitriles is 1. The van der Waals surface area contributed by atoms with Gasteiger partial charge in [-0.05, 0) is 64.1 Å². The molecule has 0 saturated heterocycles. The number of amides is 1. The second kappa shape index (κ2) is 8.42. The van der Waals surface area contributed by atoms with E-state index in [1.807, 2.05) is 6.07 Å². The van der Waals surface area contributed by atoms with Gasteiger partial charge in [-0.3, -0.25) is 4.79 Å². The normalized spacial score (nSPS) is 12.7. The Labute approximate surface area is 165 Å². The van der Waals surface area contributed by atoms with Gasteiger partial charge in [0.2, 0.25) is 15.9 Å². The van der Waals surface area contributed by atoms with Crippen LogP contribution in [-0.4, -0.2) is 25.9 Å². The molecular formula is C20H24N4O3S. The van der Waals surface area contributed by atoms with Crippen molar-refractivity contribution in [3.8, 4) is 6.07 Å². The smallest absolute Gasteiger partial charge is 0.246 e. The van der Waals surface area contributed by atoms with E-state index in [2.05, 4.69) is 15.4 Å². The number of sulfonamides is 1. The first kappa shape index (κ1) is 21.4. The zero-order valence-corrected chi connectivity index (χ0v) is 17.1. The maximum absolute atomic E-state index is 12.5. The van der Waals surface area contributed by atoms with E-state index in [1.165, 1.54) is 12.1 Å². The van der Waals surface area contributed by atoms with Crippen LogP contribution in [0.15, 0.2) is 53.4 Å². The Hall–Kier alpha value is -2.89. The molecule has 28 heavy (non-hydrogen) atoms. The summed E-state index contributed by atoms with van der Waals surface area (Å²) in [6, 6.07) is 14.3. The number of carbonyl (C=O) groups excluding carboxylic acids is 1. The number of nitrogens with one attached hydrogen (secondary N) is 3. The summed E-state index contributed by atoms with van der Waals surface area (Å²) in [7, 11) is -3.67. The van der Waals surface area contributed by atoms with E-state index in [-0.39, 0.29) is 10.8 Å². The lowest BCUT2D eigenvalue weighted by Crippen LogP contribution is -2.40. The monoisotopic (exact) mass is 400 g/mol. The van der Waals surface area contributed by atoms with Crippen molar-refractivity contribution in [3.05, 3.63) is 54.1 Å². The first-order valence-electron chi connectivity index (χ1n) is 8.72. The largest absolute Gasteiger partial charge is 0.374 e. The lowest BCUT2D eigenvalue weighted by molar-refractivity contribution is -0.116. The quantitative estimate of drug-likeness (QED) is 0.690. The minimum atomic E-state index is -3.67. The number of hydrogen-bond donors (Lipinski definition) is 3. The van der Waals surface area contributed by atoms with Crippen molar-refractivity contribution in [2.45, 2.75) is 44.2 Å².